The average Bonchev–Trinajstić information content (AvgIpc) is 2.79. The summed E-state index contributed by atoms with van der Waals surface area (Å²) in [7, 11) is 0.410. The van der Waals surface area contributed by atoms with Crippen molar-refractivity contribution in [2.45, 2.75) is 39.8 Å². The molecule has 2 amide bonds. The molecule has 0 aromatic heterocycles. The minimum absolute atomic E-state index is 0.189. The van der Waals surface area contributed by atoms with Crippen LogP contribution in [0, 0.1) is 13.8 Å². The molecule has 0 spiro atoms. The quantitative estimate of drug-likeness (QED) is 0.573. The first-order chi connectivity index (χ1) is 15.5. The number of carbonyl (C=O) groups excluding carboxylic acids is 2. The molecule has 1 atom stereocenters. The topological polar surface area (TPSA) is 90.0 Å². The number of likely N-dealkylation sites (N-methyl/N-ethyl adjacent to an activating group) is 1. The van der Waals surface area contributed by atoms with Crippen LogP contribution in [0.1, 0.15) is 30.0 Å². The van der Waals surface area contributed by atoms with Gasteiger partial charge >= 0.3 is 10.2 Å². The first kappa shape index (κ1) is 26.3. The lowest BCUT2D eigenvalue weighted by Crippen LogP contribution is -2.53. The van der Waals surface area contributed by atoms with Crippen LogP contribution in [-0.4, -0.2) is 63.2 Å². The van der Waals surface area contributed by atoms with E-state index in [0.717, 1.165) is 25.3 Å². The summed E-state index contributed by atoms with van der Waals surface area (Å²) in [5.41, 5.74) is 2.89. The largest absolute Gasteiger partial charge is 0.357 e. The lowest BCUT2D eigenvalue weighted by Gasteiger charge is -2.34. The van der Waals surface area contributed by atoms with E-state index in [4.69, 9.17) is 0 Å². The van der Waals surface area contributed by atoms with E-state index in [1.807, 2.05) is 56.3 Å². The van der Waals surface area contributed by atoms with Crippen molar-refractivity contribution in [1.29, 1.82) is 0 Å². The maximum atomic E-state index is 13.6. The zero-order chi connectivity index (χ0) is 24.8. The summed E-state index contributed by atoms with van der Waals surface area (Å²) < 4.78 is 28.7. The summed E-state index contributed by atoms with van der Waals surface area (Å²) in [6.07, 6.45) is 0.391. The molecule has 9 heteroatoms. The predicted octanol–water partition coefficient (Wildman–Crippen LogP) is 2.47. The minimum Gasteiger partial charge on any atom is -0.357 e. The van der Waals surface area contributed by atoms with E-state index in [1.54, 1.807) is 13.0 Å². The van der Waals surface area contributed by atoms with E-state index in [9.17, 15) is 18.0 Å². The molecule has 180 valence electrons. The van der Waals surface area contributed by atoms with Gasteiger partial charge in [-0.3, -0.25) is 9.59 Å². The van der Waals surface area contributed by atoms with Crippen molar-refractivity contribution in [2.24, 2.45) is 0 Å². The zero-order valence-electron chi connectivity index (χ0n) is 20.2. The van der Waals surface area contributed by atoms with Gasteiger partial charge in [0.2, 0.25) is 11.8 Å². The summed E-state index contributed by atoms with van der Waals surface area (Å²) in [5.74, 6) is -0.754. The molecule has 2 aromatic carbocycles. The molecule has 0 fully saturated rings. The Morgan fingerprint density at radius 3 is 2.21 bits per heavy atom. The molecule has 0 aliphatic rings. The maximum absolute atomic E-state index is 13.6. The van der Waals surface area contributed by atoms with Gasteiger partial charge < -0.3 is 10.2 Å². The summed E-state index contributed by atoms with van der Waals surface area (Å²) in [6, 6.07) is 14.1. The van der Waals surface area contributed by atoms with Gasteiger partial charge in [-0.25, -0.2) is 4.31 Å². The standard InChI is InChI=1S/C24H34N4O4S/c1-7-21(24(30)25-4)27(16-20-11-9-8-10-12-20)23(29)17-28(33(31,32)26(5)6)22-15-18(2)13-14-19(22)3/h8-15,21H,7,16-17H2,1-6H3,(H,25,30)/t21-/m0/s1. The van der Waals surface area contributed by atoms with Gasteiger partial charge in [0, 0.05) is 27.7 Å². The van der Waals surface area contributed by atoms with Crippen molar-refractivity contribution in [3.8, 4) is 0 Å². The SMILES string of the molecule is CC[C@@H](C(=O)NC)N(Cc1ccccc1)C(=O)CN(c1cc(C)ccc1C)S(=O)(=O)N(C)C. The number of benzene rings is 2. The molecule has 8 nitrogen and oxygen atoms in total. The molecule has 0 aliphatic carbocycles. The number of amides is 2. The molecule has 1 N–H and O–H groups in total. The molecule has 0 saturated carbocycles. The molecule has 0 bridgehead atoms. The van der Waals surface area contributed by atoms with Crippen LogP contribution in [0.15, 0.2) is 48.5 Å². The van der Waals surface area contributed by atoms with Crippen LogP contribution in [0.3, 0.4) is 0 Å². The second kappa shape index (κ2) is 11.3. The van der Waals surface area contributed by atoms with Crippen molar-refractivity contribution in [3.05, 3.63) is 65.2 Å². The molecule has 0 aliphatic heterocycles. The molecule has 2 aromatic rings. The molecule has 0 heterocycles. The molecule has 0 saturated heterocycles. The Labute approximate surface area is 197 Å². The summed E-state index contributed by atoms with van der Waals surface area (Å²) in [5, 5.41) is 2.61. The van der Waals surface area contributed by atoms with Crippen molar-refractivity contribution in [2.75, 3.05) is 32.0 Å². The highest BCUT2D eigenvalue weighted by Gasteiger charge is 2.34. The van der Waals surface area contributed by atoms with Gasteiger partial charge in [-0.05, 0) is 43.0 Å². The third kappa shape index (κ3) is 6.33. The Hall–Kier alpha value is -2.91. The fourth-order valence-electron chi connectivity index (χ4n) is 3.56. The van der Waals surface area contributed by atoms with Crippen LogP contribution < -0.4 is 9.62 Å². The van der Waals surface area contributed by atoms with Crippen LogP contribution in [-0.2, 0) is 26.3 Å². The number of nitrogens with zero attached hydrogens (tertiary/aromatic N) is 3. The highest BCUT2D eigenvalue weighted by Crippen LogP contribution is 2.26. The van der Waals surface area contributed by atoms with E-state index in [-0.39, 0.29) is 12.5 Å². The summed E-state index contributed by atoms with van der Waals surface area (Å²) in [4.78, 5) is 27.7. The first-order valence-electron chi connectivity index (χ1n) is 10.8. The second-order valence-electron chi connectivity index (χ2n) is 8.13. The molecule has 33 heavy (non-hydrogen) atoms. The molecule has 0 radical (unpaired) electrons. The fraction of sp³-hybridized carbons (Fsp3) is 0.417. The van der Waals surface area contributed by atoms with Crippen molar-refractivity contribution in [1.82, 2.24) is 14.5 Å². The number of hydrogen-bond acceptors (Lipinski definition) is 4. The third-order valence-electron chi connectivity index (χ3n) is 5.48. The van der Waals surface area contributed by atoms with Gasteiger partial charge in [-0.1, -0.05) is 49.4 Å². The predicted molar refractivity (Wildman–Crippen MR) is 131 cm³/mol. The number of aryl methyl sites for hydroxylation is 2. The second-order valence-corrected chi connectivity index (χ2v) is 10.2. The van der Waals surface area contributed by atoms with E-state index in [0.29, 0.717) is 12.1 Å². The van der Waals surface area contributed by atoms with Gasteiger partial charge in [-0.2, -0.15) is 12.7 Å². The monoisotopic (exact) mass is 474 g/mol. The lowest BCUT2D eigenvalue weighted by atomic mass is 10.1. The fourth-order valence-corrected chi connectivity index (χ4v) is 4.67. The van der Waals surface area contributed by atoms with Crippen LogP contribution in [0.4, 0.5) is 5.69 Å². The summed E-state index contributed by atoms with van der Waals surface area (Å²) in [6.45, 7) is 5.26. The van der Waals surface area contributed by atoms with Crippen LogP contribution in [0.5, 0.6) is 0 Å². The smallest absolute Gasteiger partial charge is 0.304 e. The number of nitrogens with one attached hydrogen (secondary N) is 1. The van der Waals surface area contributed by atoms with E-state index < -0.39 is 28.7 Å². The van der Waals surface area contributed by atoms with Gasteiger partial charge in [-0.15, -0.1) is 0 Å². The maximum Gasteiger partial charge on any atom is 0.304 e. The summed E-state index contributed by atoms with van der Waals surface area (Å²) >= 11 is 0. The Morgan fingerprint density at radius 1 is 1.03 bits per heavy atom. The van der Waals surface area contributed by atoms with Crippen molar-refractivity contribution in [3.63, 3.8) is 0 Å². The molecular formula is C24H34N4O4S. The Morgan fingerprint density at radius 2 is 1.67 bits per heavy atom. The van der Waals surface area contributed by atoms with E-state index in [2.05, 4.69) is 5.32 Å². The number of anilines is 1. The van der Waals surface area contributed by atoms with Crippen LogP contribution >= 0.6 is 0 Å². The van der Waals surface area contributed by atoms with Crippen LogP contribution in [0.2, 0.25) is 0 Å². The Bertz CT molecular complexity index is 1070. The highest BCUT2D eigenvalue weighted by molar-refractivity contribution is 7.90. The minimum atomic E-state index is -3.97. The van der Waals surface area contributed by atoms with Gasteiger partial charge in [0.1, 0.15) is 12.6 Å². The zero-order valence-corrected chi connectivity index (χ0v) is 21.0. The van der Waals surface area contributed by atoms with Gasteiger partial charge in [0.25, 0.3) is 0 Å². The van der Waals surface area contributed by atoms with Crippen molar-refractivity contribution >= 4 is 27.7 Å². The third-order valence-corrected chi connectivity index (χ3v) is 7.29. The Balaban J connectivity index is 2.53. The number of rotatable bonds is 10. The Kier molecular flexibility index (Phi) is 9.01. The number of hydrogen-bond donors (Lipinski definition) is 1. The first-order valence-corrected chi connectivity index (χ1v) is 12.2. The van der Waals surface area contributed by atoms with E-state index in [1.165, 1.54) is 26.0 Å². The highest BCUT2D eigenvalue weighted by atomic mass is 32.2. The average molecular weight is 475 g/mol. The molecule has 0 unspecified atom stereocenters. The van der Waals surface area contributed by atoms with Gasteiger partial charge in [0.15, 0.2) is 0 Å². The van der Waals surface area contributed by atoms with Crippen molar-refractivity contribution < 1.29 is 18.0 Å². The van der Waals surface area contributed by atoms with Crippen LogP contribution in [0.25, 0.3) is 0 Å². The lowest BCUT2D eigenvalue weighted by molar-refractivity contribution is -0.140. The number of carbonyl (C=O) groups is 2. The van der Waals surface area contributed by atoms with E-state index >= 15 is 0 Å². The molecule has 2 rings (SSSR count). The normalized spacial score (nSPS) is 12.3. The molecular weight excluding hydrogens is 440 g/mol. The van der Waals surface area contributed by atoms with Gasteiger partial charge in [0.05, 0.1) is 5.69 Å².